The number of benzene rings is 1. The van der Waals surface area contributed by atoms with Gasteiger partial charge in [-0.25, -0.2) is 9.37 Å². The van der Waals surface area contributed by atoms with Gasteiger partial charge in [-0.05, 0) is 53.1 Å². The van der Waals surface area contributed by atoms with Crippen molar-refractivity contribution in [1.29, 1.82) is 0 Å². The van der Waals surface area contributed by atoms with Gasteiger partial charge < -0.3 is 4.57 Å². The molecule has 1 saturated carbocycles. The molecule has 0 aliphatic heterocycles. The van der Waals surface area contributed by atoms with Crippen LogP contribution in [-0.4, -0.2) is 9.55 Å². The molecule has 114 valence electrons. The maximum atomic E-state index is 13.7. The summed E-state index contributed by atoms with van der Waals surface area (Å²) in [5.41, 5.74) is 1.67. The third-order valence-corrected chi connectivity index (χ3v) is 5.29. The highest BCUT2D eigenvalue weighted by Gasteiger charge is 2.28. The number of imidazole rings is 1. The second kappa shape index (κ2) is 5.88. The van der Waals surface area contributed by atoms with E-state index in [1.807, 2.05) is 6.07 Å². The molecule has 0 saturated heterocycles. The van der Waals surface area contributed by atoms with Crippen LogP contribution in [0.15, 0.2) is 16.6 Å². The number of fused-ring (bicyclic) bond motifs is 1. The van der Waals surface area contributed by atoms with E-state index in [2.05, 4.69) is 39.3 Å². The third-order valence-electron chi connectivity index (χ3n) is 4.44. The quantitative estimate of drug-likeness (QED) is 0.620. The van der Waals surface area contributed by atoms with E-state index in [1.54, 1.807) is 0 Å². The second-order valence-corrected chi connectivity index (χ2v) is 7.48. The van der Waals surface area contributed by atoms with Crippen molar-refractivity contribution in [2.45, 2.75) is 45.0 Å². The van der Waals surface area contributed by atoms with E-state index in [-0.39, 0.29) is 5.82 Å². The Morgan fingerprint density at radius 2 is 1.95 bits per heavy atom. The lowest BCUT2D eigenvalue weighted by molar-refractivity contribution is 0.222. The fourth-order valence-corrected chi connectivity index (χ4v) is 4.28. The van der Waals surface area contributed by atoms with Crippen LogP contribution in [-0.2, 0) is 5.88 Å². The molecule has 2 nitrogen and oxygen atoms in total. The Balaban J connectivity index is 2.13. The van der Waals surface area contributed by atoms with E-state index in [1.165, 1.54) is 12.5 Å². The average molecular weight is 374 g/mol. The Morgan fingerprint density at radius 3 is 2.57 bits per heavy atom. The van der Waals surface area contributed by atoms with E-state index in [4.69, 9.17) is 11.6 Å². The number of alkyl halides is 1. The first-order valence-corrected chi connectivity index (χ1v) is 8.74. The SMILES string of the molecule is CC1CC(C)CC(n2c(CCl)nc3cc(F)c(Br)cc32)C1. The van der Waals surface area contributed by atoms with Gasteiger partial charge in [0.2, 0.25) is 0 Å². The fraction of sp³-hybridized carbons (Fsp3) is 0.562. The van der Waals surface area contributed by atoms with Gasteiger partial charge in [0.15, 0.2) is 0 Å². The first-order valence-electron chi connectivity index (χ1n) is 7.41. The Morgan fingerprint density at radius 1 is 1.29 bits per heavy atom. The molecule has 0 N–H and O–H groups in total. The summed E-state index contributed by atoms with van der Waals surface area (Å²) in [7, 11) is 0. The van der Waals surface area contributed by atoms with Crippen molar-refractivity contribution in [2.75, 3.05) is 0 Å². The van der Waals surface area contributed by atoms with Crippen LogP contribution in [0.25, 0.3) is 11.0 Å². The first-order chi connectivity index (χ1) is 9.99. The molecule has 5 heteroatoms. The van der Waals surface area contributed by atoms with Gasteiger partial charge in [-0.1, -0.05) is 13.8 Å². The molecule has 0 spiro atoms. The van der Waals surface area contributed by atoms with Gasteiger partial charge in [0.25, 0.3) is 0 Å². The lowest BCUT2D eigenvalue weighted by Gasteiger charge is -2.33. The molecule has 0 bridgehead atoms. The van der Waals surface area contributed by atoms with E-state index in [9.17, 15) is 4.39 Å². The molecule has 2 atom stereocenters. The lowest BCUT2D eigenvalue weighted by atomic mass is 9.80. The molecular weight excluding hydrogens is 355 g/mol. The molecule has 21 heavy (non-hydrogen) atoms. The highest BCUT2D eigenvalue weighted by Crippen LogP contribution is 2.39. The summed E-state index contributed by atoms with van der Waals surface area (Å²) in [5, 5.41) is 0. The van der Waals surface area contributed by atoms with E-state index in [0.29, 0.717) is 33.7 Å². The Hall–Kier alpha value is -0.610. The van der Waals surface area contributed by atoms with Crippen LogP contribution in [0.4, 0.5) is 4.39 Å². The second-order valence-electron chi connectivity index (χ2n) is 6.36. The zero-order valence-corrected chi connectivity index (χ0v) is 14.6. The highest BCUT2D eigenvalue weighted by molar-refractivity contribution is 9.10. The number of hydrogen-bond donors (Lipinski definition) is 0. The topological polar surface area (TPSA) is 17.8 Å². The molecule has 1 aromatic heterocycles. The minimum Gasteiger partial charge on any atom is -0.324 e. The smallest absolute Gasteiger partial charge is 0.139 e. The molecule has 1 aliphatic carbocycles. The highest BCUT2D eigenvalue weighted by atomic mass is 79.9. The molecule has 2 unspecified atom stereocenters. The van der Waals surface area contributed by atoms with Gasteiger partial charge in [-0.2, -0.15) is 0 Å². The summed E-state index contributed by atoms with van der Waals surface area (Å²) in [5.74, 6) is 2.31. The van der Waals surface area contributed by atoms with Gasteiger partial charge in [-0.15, -0.1) is 11.6 Å². The first kappa shape index (κ1) is 15.3. The minimum absolute atomic E-state index is 0.279. The van der Waals surface area contributed by atoms with E-state index < -0.39 is 0 Å². The zero-order chi connectivity index (χ0) is 15.1. The summed E-state index contributed by atoms with van der Waals surface area (Å²) >= 11 is 9.37. The van der Waals surface area contributed by atoms with Gasteiger partial charge in [0, 0.05) is 12.1 Å². The zero-order valence-electron chi connectivity index (χ0n) is 12.2. The standard InChI is InChI=1S/C16H19BrClFN2/c1-9-3-10(2)5-11(4-9)21-15-6-12(17)13(19)7-14(15)20-16(21)8-18/h6-7,9-11H,3-5,8H2,1-2H3. The summed E-state index contributed by atoms with van der Waals surface area (Å²) < 4.78 is 16.4. The van der Waals surface area contributed by atoms with Crippen LogP contribution in [0.5, 0.6) is 0 Å². The monoisotopic (exact) mass is 372 g/mol. The van der Waals surface area contributed by atoms with Crippen molar-refractivity contribution in [1.82, 2.24) is 9.55 Å². The van der Waals surface area contributed by atoms with Crippen LogP contribution in [0.3, 0.4) is 0 Å². The predicted molar refractivity (Wildman–Crippen MR) is 88.2 cm³/mol. The minimum atomic E-state index is -0.279. The molecule has 3 rings (SSSR count). The van der Waals surface area contributed by atoms with Crippen LogP contribution in [0, 0.1) is 17.7 Å². The number of hydrogen-bond acceptors (Lipinski definition) is 1. The molecule has 1 heterocycles. The fourth-order valence-electron chi connectivity index (χ4n) is 3.76. The van der Waals surface area contributed by atoms with E-state index >= 15 is 0 Å². The summed E-state index contributed by atoms with van der Waals surface area (Å²) in [4.78, 5) is 4.53. The third kappa shape index (κ3) is 2.85. The molecule has 1 fully saturated rings. The Kier molecular flexibility index (Phi) is 4.28. The maximum absolute atomic E-state index is 13.7. The lowest BCUT2D eigenvalue weighted by Crippen LogP contribution is -2.23. The van der Waals surface area contributed by atoms with Gasteiger partial charge in [0.1, 0.15) is 11.6 Å². The number of halogens is 3. The molecule has 2 aromatic rings. The molecule has 0 amide bonds. The van der Waals surface area contributed by atoms with Crippen molar-refractivity contribution < 1.29 is 4.39 Å². The van der Waals surface area contributed by atoms with Crippen molar-refractivity contribution in [3.8, 4) is 0 Å². The maximum Gasteiger partial charge on any atom is 0.139 e. The van der Waals surface area contributed by atoms with Gasteiger partial charge >= 0.3 is 0 Å². The number of rotatable bonds is 2. The molecule has 1 aromatic carbocycles. The van der Waals surface area contributed by atoms with Gasteiger partial charge in [0.05, 0.1) is 21.4 Å². The number of aromatic nitrogens is 2. The summed E-state index contributed by atoms with van der Waals surface area (Å²) in [6.45, 7) is 4.61. The molecule has 1 aliphatic rings. The van der Waals surface area contributed by atoms with Crippen LogP contribution < -0.4 is 0 Å². The van der Waals surface area contributed by atoms with Crippen LogP contribution in [0.2, 0.25) is 0 Å². The largest absolute Gasteiger partial charge is 0.324 e. The predicted octanol–water partition coefficient (Wildman–Crippen LogP) is 5.67. The van der Waals surface area contributed by atoms with Gasteiger partial charge in [-0.3, -0.25) is 0 Å². The van der Waals surface area contributed by atoms with Crippen molar-refractivity contribution in [2.24, 2.45) is 11.8 Å². The van der Waals surface area contributed by atoms with Crippen molar-refractivity contribution in [3.63, 3.8) is 0 Å². The van der Waals surface area contributed by atoms with Crippen LogP contribution >= 0.6 is 27.5 Å². The summed E-state index contributed by atoms with van der Waals surface area (Å²) in [6, 6.07) is 3.72. The average Bonchev–Trinajstić information content (AvgIpc) is 2.75. The molecule has 0 radical (unpaired) electrons. The Labute approximate surface area is 137 Å². The van der Waals surface area contributed by atoms with Crippen molar-refractivity contribution in [3.05, 3.63) is 28.2 Å². The Bertz CT molecular complexity index is 660. The normalized spacial score (nSPS) is 26.4. The molecular formula is C16H19BrClFN2. The summed E-state index contributed by atoms with van der Waals surface area (Å²) in [6.07, 6.45) is 3.54. The van der Waals surface area contributed by atoms with Crippen LogP contribution in [0.1, 0.15) is 45.0 Å². The van der Waals surface area contributed by atoms with Crippen molar-refractivity contribution >= 4 is 38.6 Å². The number of nitrogens with zero attached hydrogens (tertiary/aromatic N) is 2. The van der Waals surface area contributed by atoms with E-state index in [0.717, 1.165) is 24.2 Å².